The number of aromatic hydroxyl groups is 1. The van der Waals surface area contributed by atoms with E-state index in [4.69, 9.17) is 16.3 Å². The van der Waals surface area contributed by atoms with Crippen molar-refractivity contribution in [2.24, 2.45) is 5.10 Å². The summed E-state index contributed by atoms with van der Waals surface area (Å²) in [6.07, 6.45) is 1.60. The first-order chi connectivity index (χ1) is 20.3. The summed E-state index contributed by atoms with van der Waals surface area (Å²) in [6.45, 7) is 14.8. The monoisotopic (exact) mass is 619 g/mol. The van der Waals surface area contributed by atoms with Crippen LogP contribution >= 0.6 is 23.4 Å². The van der Waals surface area contributed by atoms with E-state index in [1.807, 2.05) is 60.0 Å². The lowest BCUT2D eigenvalue weighted by atomic mass is 9.78. The highest BCUT2D eigenvalue weighted by atomic mass is 35.5. The van der Waals surface area contributed by atoms with Gasteiger partial charge in [0.15, 0.2) is 11.0 Å². The van der Waals surface area contributed by atoms with E-state index < -0.39 is 0 Å². The molecule has 0 aliphatic carbocycles. The molecule has 0 atom stereocenters. The molecule has 4 rings (SSSR count). The van der Waals surface area contributed by atoms with E-state index in [1.54, 1.807) is 18.3 Å². The van der Waals surface area contributed by atoms with Gasteiger partial charge in [-0.3, -0.25) is 9.36 Å². The second kappa shape index (κ2) is 13.2. The highest BCUT2D eigenvalue weighted by Gasteiger charge is 2.26. The van der Waals surface area contributed by atoms with Crippen LogP contribution in [0, 0.1) is 0 Å². The van der Waals surface area contributed by atoms with Crippen LogP contribution in [-0.4, -0.2) is 44.4 Å². The zero-order valence-corrected chi connectivity index (χ0v) is 27.2. The van der Waals surface area contributed by atoms with Gasteiger partial charge in [0.2, 0.25) is 0 Å². The lowest BCUT2D eigenvalue weighted by Gasteiger charge is -2.27. The van der Waals surface area contributed by atoms with Gasteiger partial charge in [0, 0.05) is 27.4 Å². The van der Waals surface area contributed by atoms with Crippen molar-refractivity contribution in [2.75, 3.05) is 12.4 Å². The minimum absolute atomic E-state index is 0.0726. The fourth-order valence-corrected chi connectivity index (χ4v) is 5.33. The minimum atomic E-state index is -0.290. The first kappa shape index (κ1) is 32.1. The summed E-state index contributed by atoms with van der Waals surface area (Å²) in [7, 11) is 0. The Labute approximate surface area is 262 Å². The molecule has 2 N–H and O–H groups in total. The zero-order valence-electron chi connectivity index (χ0n) is 25.6. The van der Waals surface area contributed by atoms with Crippen molar-refractivity contribution in [1.29, 1.82) is 0 Å². The average Bonchev–Trinajstić information content (AvgIpc) is 3.36. The first-order valence-corrected chi connectivity index (χ1v) is 15.4. The van der Waals surface area contributed by atoms with Crippen molar-refractivity contribution < 1.29 is 14.6 Å². The maximum absolute atomic E-state index is 12.8. The van der Waals surface area contributed by atoms with Gasteiger partial charge in [-0.15, -0.1) is 10.2 Å². The fraction of sp³-hybridized carbons (Fsp3) is 0.333. The van der Waals surface area contributed by atoms with Crippen molar-refractivity contribution in [2.45, 2.75) is 64.5 Å². The fourth-order valence-electron chi connectivity index (χ4n) is 4.46. The second-order valence-electron chi connectivity index (χ2n) is 12.1. The van der Waals surface area contributed by atoms with Crippen LogP contribution in [0.4, 0.5) is 0 Å². The average molecular weight is 620 g/mol. The summed E-state index contributed by atoms with van der Waals surface area (Å²) in [5, 5.41) is 25.2. The van der Waals surface area contributed by atoms with Gasteiger partial charge in [0.05, 0.1) is 18.6 Å². The first-order valence-electron chi connectivity index (χ1n) is 14.0. The Balaban J connectivity index is 1.53. The molecular weight excluding hydrogens is 582 g/mol. The number of nitrogens with one attached hydrogen (secondary N) is 1. The maximum Gasteiger partial charge on any atom is 0.250 e. The Hall–Kier alpha value is -3.82. The summed E-state index contributed by atoms with van der Waals surface area (Å²) in [5.74, 6) is 1.46. The van der Waals surface area contributed by atoms with E-state index in [0.717, 1.165) is 33.7 Å². The van der Waals surface area contributed by atoms with E-state index in [1.165, 1.54) is 11.8 Å². The standard InChI is InChI=1S/C33H38ClN5O3S/c1-8-42-25-15-13-24(14-16-25)39-30(22-9-11-23(34)12-10-22)37-38-31(39)43-20-28(40)36-35-19-21-17-26(32(2,3)4)29(41)27(18-21)33(5,6)7/h9-19,41H,8,20H2,1-7H3,(H,36,40). The number of hydrazone groups is 1. The molecule has 0 aliphatic heterocycles. The van der Waals surface area contributed by atoms with Crippen LogP contribution in [0.2, 0.25) is 5.02 Å². The molecule has 0 bridgehead atoms. The molecule has 0 radical (unpaired) electrons. The number of amides is 1. The van der Waals surface area contributed by atoms with E-state index in [0.29, 0.717) is 28.4 Å². The van der Waals surface area contributed by atoms with Crippen molar-refractivity contribution in [3.63, 3.8) is 0 Å². The second-order valence-corrected chi connectivity index (χ2v) is 13.5. The van der Waals surface area contributed by atoms with E-state index >= 15 is 0 Å². The van der Waals surface area contributed by atoms with Gasteiger partial charge in [-0.25, -0.2) is 5.43 Å². The highest BCUT2D eigenvalue weighted by Crippen LogP contribution is 2.39. The number of rotatable bonds is 9. The highest BCUT2D eigenvalue weighted by molar-refractivity contribution is 7.99. The topological polar surface area (TPSA) is 102 Å². The van der Waals surface area contributed by atoms with Crippen molar-refractivity contribution in [3.05, 3.63) is 82.4 Å². The number of nitrogens with zero attached hydrogens (tertiary/aromatic N) is 4. The molecule has 0 saturated carbocycles. The Morgan fingerprint density at radius 1 is 1.00 bits per heavy atom. The van der Waals surface area contributed by atoms with E-state index in [-0.39, 0.29) is 22.5 Å². The Morgan fingerprint density at radius 3 is 2.16 bits per heavy atom. The molecule has 1 aromatic heterocycles. The van der Waals surface area contributed by atoms with Gasteiger partial charge in [-0.2, -0.15) is 5.10 Å². The Bertz CT molecular complexity index is 1570. The molecule has 3 aromatic carbocycles. The number of hydrogen-bond donors (Lipinski definition) is 2. The summed E-state index contributed by atoms with van der Waals surface area (Å²) < 4.78 is 7.50. The van der Waals surface area contributed by atoms with Crippen LogP contribution < -0.4 is 10.2 Å². The van der Waals surface area contributed by atoms with Crippen LogP contribution in [0.25, 0.3) is 17.1 Å². The molecule has 43 heavy (non-hydrogen) atoms. The van der Waals surface area contributed by atoms with Crippen LogP contribution in [0.1, 0.15) is 65.2 Å². The predicted octanol–water partition coefficient (Wildman–Crippen LogP) is 7.53. The lowest BCUT2D eigenvalue weighted by Crippen LogP contribution is -2.20. The van der Waals surface area contributed by atoms with Gasteiger partial charge < -0.3 is 9.84 Å². The molecule has 8 nitrogen and oxygen atoms in total. The number of phenolic OH excluding ortho intramolecular Hbond substituents is 1. The summed E-state index contributed by atoms with van der Waals surface area (Å²) in [5.41, 5.74) is 6.20. The molecule has 1 heterocycles. The number of aromatic nitrogens is 3. The largest absolute Gasteiger partial charge is 0.507 e. The van der Waals surface area contributed by atoms with Gasteiger partial charge in [0.1, 0.15) is 11.5 Å². The number of phenols is 1. The number of halogens is 1. The van der Waals surface area contributed by atoms with E-state index in [9.17, 15) is 9.90 Å². The predicted molar refractivity (Wildman–Crippen MR) is 175 cm³/mol. The quantitative estimate of drug-likeness (QED) is 0.114. The molecule has 1 amide bonds. The molecule has 10 heteroatoms. The van der Waals surface area contributed by atoms with Crippen LogP contribution in [0.5, 0.6) is 11.5 Å². The van der Waals surface area contributed by atoms with Gasteiger partial charge in [-0.05, 0) is 84.0 Å². The molecule has 0 spiro atoms. The van der Waals surface area contributed by atoms with Gasteiger partial charge in [-0.1, -0.05) is 64.9 Å². The molecule has 226 valence electrons. The molecule has 0 saturated heterocycles. The third kappa shape index (κ3) is 7.97. The van der Waals surface area contributed by atoms with Crippen molar-refractivity contribution >= 4 is 35.5 Å². The summed E-state index contributed by atoms with van der Waals surface area (Å²) in [6, 6.07) is 18.8. The number of benzene rings is 3. The SMILES string of the molecule is CCOc1ccc(-n2c(SCC(=O)NN=Cc3cc(C(C)(C)C)c(O)c(C(C)(C)C)c3)nnc2-c2ccc(Cl)cc2)cc1. The van der Waals surface area contributed by atoms with Crippen molar-refractivity contribution in [3.8, 4) is 28.6 Å². The van der Waals surface area contributed by atoms with Crippen LogP contribution in [-0.2, 0) is 15.6 Å². The van der Waals surface area contributed by atoms with Crippen LogP contribution in [0.15, 0.2) is 70.9 Å². The van der Waals surface area contributed by atoms with Crippen LogP contribution in [0.3, 0.4) is 0 Å². The number of carbonyl (C=O) groups is 1. The number of ether oxygens (including phenoxy) is 1. The Morgan fingerprint density at radius 2 is 1.60 bits per heavy atom. The smallest absolute Gasteiger partial charge is 0.250 e. The van der Waals surface area contributed by atoms with Gasteiger partial charge >= 0.3 is 0 Å². The molecule has 4 aromatic rings. The normalized spacial score (nSPS) is 12.1. The van der Waals surface area contributed by atoms with Crippen molar-refractivity contribution in [1.82, 2.24) is 20.2 Å². The number of carbonyl (C=O) groups excluding carboxylic acids is 1. The van der Waals surface area contributed by atoms with Gasteiger partial charge in [0.25, 0.3) is 5.91 Å². The number of hydrogen-bond acceptors (Lipinski definition) is 7. The maximum atomic E-state index is 12.8. The summed E-state index contributed by atoms with van der Waals surface area (Å²) >= 11 is 7.36. The molecular formula is C33H38ClN5O3S. The molecule has 0 fully saturated rings. The number of thioether (sulfide) groups is 1. The molecule has 0 unspecified atom stereocenters. The third-order valence-corrected chi connectivity index (χ3v) is 7.81. The Kier molecular flexibility index (Phi) is 9.87. The van der Waals surface area contributed by atoms with E-state index in [2.05, 4.69) is 62.3 Å². The third-order valence-electron chi connectivity index (χ3n) is 6.63. The molecule has 0 aliphatic rings. The minimum Gasteiger partial charge on any atom is -0.507 e. The zero-order chi connectivity index (χ0) is 31.4. The lowest BCUT2D eigenvalue weighted by molar-refractivity contribution is -0.118. The summed E-state index contributed by atoms with van der Waals surface area (Å²) in [4.78, 5) is 12.8.